The van der Waals surface area contributed by atoms with E-state index in [1.165, 1.54) is 12.0 Å². The van der Waals surface area contributed by atoms with Crippen molar-refractivity contribution in [1.82, 2.24) is 10.2 Å². The number of anilines is 1. The highest BCUT2D eigenvalue weighted by Crippen LogP contribution is 2.32. The molecule has 3 aromatic carbocycles. The molecule has 0 aliphatic rings. The lowest BCUT2D eigenvalue weighted by Gasteiger charge is -2.34. The van der Waals surface area contributed by atoms with Gasteiger partial charge in [-0.3, -0.25) is 13.9 Å². The summed E-state index contributed by atoms with van der Waals surface area (Å²) in [6, 6.07) is 18.1. The third-order valence-corrected chi connectivity index (χ3v) is 8.21. The zero-order valence-electron chi connectivity index (χ0n) is 23.7. The summed E-state index contributed by atoms with van der Waals surface area (Å²) < 4.78 is 32.5. The Morgan fingerprint density at radius 3 is 2.17 bits per heavy atom. The van der Waals surface area contributed by atoms with Gasteiger partial charge < -0.3 is 15.0 Å². The highest BCUT2D eigenvalue weighted by atomic mass is 35.5. The van der Waals surface area contributed by atoms with Crippen LogP contribution in [0.3, 0.4) is 0 Å². The van der Waals surface area contributed by atoms with E-state index in [1.807, 2.05) is 51.1 Å². The van der Waals surface area contributed by atoms with Gasteiger partial charge in [0, 0.05) is 34.6 Å². The smallest absolute Gasteiger partial charge is 0.244 e. The van der Waals surface area contributed by atoms with Crippen molar-refractivity contribution in [1.29, 1.82) is 0 Å². The Balaban J connectivity index is 2.14. The molecule has 11 heteroatoms. The minimum absolute atomic E-state index is 0.122. The highest BCUT2D eigenvalue weighted by Gasteiger charge is 2.34. The summed E-state index contributed by atoms with van der Waals surface area (Å²) in [7, 11) is -2.53. The van der Waals surface area contributed by atoms with E-state index in [9.17, 15) is 18.0 Å². The molecule has 0 unspecified atom stereocenters. The molecule has 0 aliphatic heterocycles. The summed E-state index contributed by atoms with van der Waals surface area (Å²) in [4.78, 5) is 29.2. The van der Waals surface area contributed by atoms with Crippen LogP contribution in [-0.4, -0.2) is 57.1 Å². The number of benzene rings is 3. The molecule has 1 atom stereocenters. The molecular weight excluding hydrogens is 585 g/mol. The molecule has 220 valence electrons. The Morgan fingerprint density at radius 2 is 1.61 bits per heavy atom. The van der Waals surface area contributed by atoms with Crippen LogP contribution in [0.4, 0.5) is 5.69 Å². The van der Waals surface area contributed by atoms with Crippen LogP contribution in [-0.2, 0) is 32.6 Å². The predicted octanol–water partition coefficient (Wildman–Crippen LogP) is 5.24. The van der Waals surface area contributed by atoms with E-state index >= 15 is 0 Å². The molecule has 8 nitrogen and oxygen atoms in total. The largest absolute Gasteiger partial charge is 0.495 e. The summed E-state index contributed by atoms with van der Waals surface area (Å²) in [5.74, 6) is -0.720. The third kappa shape index (κ3) is 8.61. The number of carbonyl (C=O) groups excluding carboxylic acids is 2. The number of ether oxygens (including phenoxy) is 1. The molecule has 0 fully saturated rings. The van der Waals surface area contributed by atoms with Crippen LogP contribution in [0.2, 0.25) is 10.0 Å². The zero-order valence-corrected chi connectivity index (χ0v) is 26.1. The van der Waals surface area contributed by atoms with Gasteiger partial charge >= 0.3 is 0 Å². The second kappa shape index (κ2) is 14.1. The average Bonchev–Trinajstić information content (AvgIpc) is 2.90. The fourth-order valence-corrected chi connectivity index (χ4v) is 5.74. The molecule has 0 saturated heterocycles. The van der Waals surface area contributed by atoms with Crippen molar-refractivity contribution >= 4 is 50.7 Å². The minimum atomic E-state index is -3.96. The molecule has 0 bridgehead atoms. The molecule has 0 aliphatic carbocycles. The molecular formula is C30H35Cl2N3O5S. The normalized spacial score (nSPS) is 12.1. The van der Waals surface area contributed by atoms with Gasteiger partial charge in [-0.1, -0.05) is 65.7 Å². The van der Waals surface area contributed by atoms with Crippen LogP contribution in [0, 0.1) is 6.92 Å². The van der Waals surface area contributed by atoms with Gasteiger partial charge in [0.2, 0.25) is 21.8 Å². The van der Waals surface area contributed by atoms with E-state index in [1.54, 1.807) is 36.4 Å². The molecule has 3 rings (SSSR count). The number of halogens is 2. The van der Waals surface area contributed by atoms with Gasteiger partial charge in [0.25, 0.3) is 0 Å². The van der Waals surface area contributed by atoms with Crippen LogP contribution in [0.25, 0.3) is 0 Å². The first-order valence-electron chi connectivity index (χ1n) is 13.0. The van der Waals surface area contributed by atoms with Crippen molar-refractivity contribution in [3.8, 4) is 5.75 Å². The molecule has 0 radical (unpaired) electrons. The first kappa shape index (κ1) is 32.2. The second-order valence-electron chi connectivity index (χ2n) is 10.0. The standard InChI is InChI=1S/C30H35Cl2N3O5S/c1-20(2)33-30(37)27(17-22-10-7-6-8-11-22)34(18-23-24(31)12-9-13-25(23)32)29(36)19-35(41(5,38)39)26-16-21(3)14-15-28(26)40-4/h6-16,20,27H,17-19H2,1-5H3,(H,33,37)/t27-/m0/s1. The Labute approximate surface area is 252 Å². The topological polar surface area (TPSA) is 96.0 Å². The SMILES string of the molecule is COc1ccc(C)cc1N(CC(=O)N(Cc1c(Cl)cccc1Cl)[C@@H](Cc1ccccc1)C(=O)NC(C)C)S(C)(=O)=O. The maximum atomic E-state index is 14.2. The number of carbonyl (C=O) groups is 2. The summed E-state index contributed by atoms with van der Waals surface area (Å²) in [5, 5.41) is 3.54. The van der Waals surface area contributed by atoms with E-state index in [-0.39, 0.29) is 36.4 Å². The lowest BCUT2D eigenvalue weighted by molar-refractivity contribution is -0.140. The maximum Gasteiger partial charge on any atom is 0.244 e. The summed E-state index contributed by atoms with van der Waals surface area (Å²) in [6.07, 6.45) is 1.20. The third-order valence-electron chi connectivity index (χ3n) is 6.37. The van der Waals surface area contributed by atoms with Crippen LogP contribution < -0.4 is 14.4 Å². The molecule has 0 heterocycles. The predicted molar refractivity (Wildman–Crippen MR) is 164 cm³/mol. The highest BCUT2D eigenvalue weighted by molar-refractivity contribution is 7.92. The van der Waals surface area contributed by atoms with Gasteiger partial charge in [0.15, 0.2) is 0 Å². The number of aryl methyl sites for hydroxylation is 1. The van der Waals surface area contributed by atoms with Crippen LogP contribution in [0.1, 0.15) is 30.5 Å². The van der Waals surface area contributed by atoms with Gasteiger partial charge in [-0.25, -0.2) is 8.42 Å². The molecule has 41 heavy (non-hydrogen) atoms. The molecule has 1 N–H and O–H groups in total. The van der Waals surface area contributed by atoms with Crippen molar-refractivity contribution in [3.05, 3.63) is 93.5 Å². The van der Waals surface area contributed by atoms with Crippen molar-refractivity contribution < 1.29 is 22.7 Å². The number of sulfonamides is 1. The number of hydrogen-bond donors (Lipinski definition) is 1. The van der Waals surface area contributed by atoms with E-state index in [0.717, 1.165) is 21.7 Å². The van der Waals surface area contributed by atoms with Crippen molar-refractivity contribution in [2.45, 2.75) is 45.8 Å². The summed E-state index contributed by atoms with van der Waals surface area (Å²) in [6.45, 7) is 4.75. The van der Waals surface area contributed by atoms with E-state index in [0.29, 0.717) is 15.6 Å². The molecule has 0 saturated carbocycles. The maximum absolute atomic E-state index is 14.2. The van der Waals surface area contributed by atoms with Gasteiger partial charge in [0.1, 0.15) is 18.3 Å². The Morgan fingerprint density at radius 1 is 0.976 bits per heavy atom. The van der Waals surface area contributed by atoms with Gasteiger partial charge in [-0.2, -0.15) is 0 Å². The molecule has 0 aromatic heterocycles. The van der Waals surface area contributed by atoms with Crippen LogP contribution in [0.15, 0.2) is 66.7 Å². The van der Waals surface area contributed by atoms with Crippen LogP contribution >= 0.6 is 23.2 Å². The zero-order chi connectivity index (χ0) is 30.3. The summed E-state index contributed by atoms with van der Waals surface area (Å²) in [5.41, 5.74) is 2.25. The lowest BCUT2D eigenvalue weighted by Crippen LogP contribution is -2.54. The van der Waals surface area contributed by atoms with E-state index in [2.05, 4.69) is 5.32 Å². The Bertz CT molecular complexity index is 1460. The first-order chi connectivity index (χ1) is 19.3. The first-order valence-corrected chi connectivity index (χ1v) is 15.6. The Hall–Kier alpha value is -3.27. The van der Waals surface area contributed by atoms with Gasteiger partial charge in [-0.05, 0) is 56.2 Å². The van der Waals surface area contributed by atoms with Gasteiger partial charge in [0.05, 0.1) is 19.1 Å². The summed E-state index contributed by atoms with van der Waals surface area (Å²) >= 11 is 13.0. The number of amides is 2. The van der Waals surface area contributed by atoms with Gasteiger partial charge in [-0.15, -0.1) is 0 Å². The van der Waals surface area contributed by atoms with E-state index < -0.39 is 28.5 Å². The quantitative estimate of drug-likeness (QED) is 0.299. The van der Waals surface area contributed by atoms with Crippen molar-refractivity contribution in [2.24, 2.45) is 0 Å². The number of hydrogen-bond acceptors (Lipinski definition) is 5. The van der Waals surface area contributed by atoms with E-state index in [4.69, 9.17) is 27.9 Å². The molecule has 3 aromatic rings. The number of nitrogens with one attached hydrogen (secondary N) is 1. The van der Waals surface area contributed by atoms with Crippen molar-refractivity contribution in [3.63, 3.8) is 0 Å². The van der Waals surface area contributed by atoms with Crippen molar-refractivity contribution in [2.75, 3.05) is 24.2 Å². The minimum Gasteiger partial charge on any atom is -0.495 e. The fourth-order valence-electron chi connectivity index (χ4n) is 4.38. The number of rotatable bonds is 12. The van der Waals surface area contributed by atoms with Crippen LogP contribution in [0.5, 0.6) is 5.75 Å². The molecule has 0 spiro atoms. The molecule has 2 amide bonds. The average molecular weight is 621 g/mol. The fraction of sp³-hybridized carbons (Fsp3) is 0.333. The monoisotopic (exact) mass is 619 g/mol. The lowest BCUT2D eigenvalue weighted by atomic mass is 10.0. The number of methoxy groups -OCH3 is 1. The number of nitrogens with zero attached hydrogens (tertiary/aromatic N) is 2. The second-order valence-corrected chi connectivity index (χ2v) is 12.8. The Kier molecular flexibility index (Phi) is 11.1.